The Morgan fingerprint density at radius 3 is 2.33 bits per heavy atom. The van der Waals surface area contributed by atoms with Crippen molar-refractivity contribution < 1.29 is 9.90 Å². The molecule has 3 aliphatic carbocycles. The highest BCUT2D eigenvalue weighted by Gasteiger charge is 2.43. The van der Waals surface area contributed by atoms with Crippen LogP contribution < -0.4 is 10.6 Å². The molecule has 2 amide bonds. The maximum absolute atomic E-state index is 12.1. The van der Waals surface area contributed by atoms with Gasteiger partial charge in [0.05, 0.1) is 0 Å². The lowest BCUT2D eigenvalue weighted by molar-refractivity contribution is 0.174. The van der Waals surface area contributed by atoms with Gasteiger partial charge in [0, 0.05) is 18.7 Å². The van der Waals surface area contributed by atoms with Gasteiger partial charge in [0.25, 0.3) is 0 Å². The molecule has 0 heterocycles. The van der Waals surface area contributed by atoms with Crippen LogP contribution in [0.2, 0.25) is 0 Å². The third-order valence-electron chi connectivity index (χ3n) is 5.85. The van der Waals surface area contributed by atoms with Crippen LogP contribution in [0, 0.1) is 17.8 Å². The summed E-state index contributed by atoms with van der Waals surface area (Å²) < 4.78 is 0. The van der Waals surface area contributed by atoms with E-state index >= 15 is 0 Å². The van der Waals surface area contributed by atoms with E-state index in [4.69, 9.17) is 5.11 Å². The molecule has 0 bridgehead atoms. The topological polar surface area (TPSA) is 61.4 Å². The van der Waals surface area contributed by atoms with E-state index in [0.717, 1.165) is 37.5 Å². The molecule has 120 valence electrons. The molecule has 2 unspecified atom stereocenters. The second-order valence-corrected chi connectivity index (χ2v) is 7.42. The van der Waals surface area contributed by atoms with Gasteiger partial charge in [-0.15, -0.1) is 0 Å². The lowest BCUT2D eigenvalue weighted by Gasteiger charge is -2.28. The van der Waals surface area contributed by atoms with E-state index in [-0.39, 0.29) is 6.03 Å². The summed E-state index contributed by atoms with van der Waals surface area (Å²) in [5.74, 6) is 2.07. The Kier molecular flexibility index (Phi) is 5.04. The molecule has 0 spiro atoms. The summed E-state index contributed by atoms with van der Waals surface area (Å²) in [6.45, 7) is 0.296. The molecule has 3 aliphatic rings. The van der Waals surface area contributed by atoms with E-state index in [9.17, 15) is 4.79 Å². The van der Waals surface area contributed by atoms with Gasteiger partial charge < -0.3 is 15.7 Å². The highest BCUT2D eigenvalue weighted by atomic mass is 16.3. The van der Waals surface area contributed by atoms with Crippen LogP contribution in [0.25, 0.3) is 0 Å². The van der Waals surface area contributed by atoms with E-state index in [1.807, 2.05) is 0 Å². The summed E-state index contributed by atoms with van der Waals surface area (Å²) >= 11 is 0. The molecule has 3 rings (SSSR count). The third kappa shape index (κ3) is 4.12. The first-order valence-electron chi connectivity index (χ1n) is 8.94. The maximum atomic E-state index is 12.1. The van der Waals surface area contributed by atoms with Gasteiger partial charge in [-0.3, -0.25) is 0 Å². The summed E-state index contributed by atoms with van der Waals surface area (Å²) in [5.41, 5.74) is 0. The quantitative estimate of drug-likeness (QED) is 0.746. The van der Waals surface area contributed by atoms with Gasteiger partial charge in [0.2, 0.25) is 0 Å². The monoisotopic (exact) mass is 294 g/mol. The van der Waals surface area contributed by atoms with Crippen LogP contribution in [-0.2, 0) is 0 Å². The minimum absolute atomic E-state index is 0.0331. The smallest absolute Gasteiger partial charge is 0.315 e. The fraction of sp³-hybridized carbons (Fsp3) is 0.941. The molecule has 4 heteroatoms. The van der Waals surface area contributed by atoms with Crippen LogP contribution in [0.1, 0.15) is 64.2 Å². The van der Waals surface area contributed by atoms with Gasteiger partial charge in [-0.25, -0.2) is 4.79 Å². The number of carbonyl (C=O) groups excluding carboxylic acids is 1. The van der Waals surface area contributed by atoms with Crippen LogP contribution >= 0.6 is 0 Å². The highest BCUT2D eigenvalue weighted by Crippen LogP contribution is 2.44. The number of nitrogens with one attached hydrogen (secondary N) is 2. The van der Waals surface area contributed by atoms with E-state index in [1.165, 1.54) is 38.5 Å². The fourth-order valence-electron chi connectivity index (χ4n) is 4.35. The van der Waals surface area contributed by atoms with Crippen LogP contribution in [-0.4, -0.2) is 29.8 Å². The summed E-state index contributed by atoms with van der Waals surface area (Å²) in [7, 11) is 0. The lowest BCUT2D eigenvalue weighted by Crippen LogP contribution is -2.45. The van der Waals surface area contributed by atoms with E-state index in [2.05, 4.69) is 10.6 Å². The molecule has 21 heavy (non-hydrogen) atoms. The Morgan fingerprint density at radius 1 is 0.952 bits per heavy atom. The molecule has 0 aromatic rings. The average Bonchev–Trinajstić information content (AvgIpc) is 3.28. The molecule has 4 nitrogen and oxygen atoms in total. The van der Waals surface area contributed by atoms with E-state index < -0.39 is 0 Å². The number of urea groups is 1. The van der Waals surface area contributed by atoms with Crippen molar-refractivity contribution >= 4 is 6.03 Å². The molecule has 3 N–H and O–H groups in total. The first kappa shape index (κ1) is 15.1. The zero-order chi connectivity index (χ0) is 14.7. The number of amides is 2. The number of hydrogen-bond donors (Lipinski definition) is 3. The van der Waals surface area contributed by atoms with Crippen molar-refractivity contribution in [2.24, 2.45) is 17.8 Å². The first-order valence-corrected chi connectivity index (χ1v) is 8.94. The fourth-order valence-corrected chi connectivity index (χ4v) is 4.35. The molecular formula is C17H30N2O2. The predicted octanol–water partition coefficient (Wildman–Crippen LogP) is 2.81. The van der Waals surface area contributed by atoms with Gasteiger partial charge in [0.15, 0.2) is 0 Å². The van der Waals surface area contributed by atoms with Gasteiger partial charge in [-0.1, -0.05) is 32.1 Å². The Hall–Kier alpha value is -0.770. The van der Waals surface area contributed by atoms with Crippen molar-refractivity contribution in [1.82, 2.24) is 10.6 Å². The second kappa shape index (κ2) is 6.99. The second-order valence-electron chi connectivity index (χ2n) is 7.42. The average molecular weight is 294 g/mol. The molecular weight excluding hydrogens is 264 g/mol. The maximum Gasteiger partial charge on any atom is 0.315 e. The molecule has 0 radical (unpaired) electrons. The molecule has 0 aliphatic heterocycles. The van der Waals surface area contributed by atoms with Gasteiger partial charge in [-0.05, 0) is 49.9 Å². The standard InChI is InChI=1S/C17H30N2O2/c20-11-12-6-8-14(9-7-12)18-17(21)19-16-10-15(16)13-4-2-1-3-5-13/h12-16,20H,1-11H2,(H2,18,19,21). The SMILES string of the molecule is O=C(NC1CCC(CO)CC1)NC1CC1C1CCCCC1. The van der Waals surface area contributed by atoms with E-state index in [1.54, 1.807) is 0 Å². The van der Waals surface area contributed by atoms with Gasteiger partial charge in [0.1, 0.15) is 0 Å². The minimum Gasteiger partial charge on any atom is -0.396 e. The number of rotatable bonds is 4. The van der Waals surface area contributed by atoms with Crippen LogP contribution in [0.15, 0.2) is 0 Å². The molecule has 2 atom stereocenters. The predicted molar refractivity (Wildman–Crippen MR) is 83.0 cm³/mol. The number of aliphatic hydroxyl groups excluding tert-OH is 1. The minimum atomic E-state index is 0.0331. The van der Waals surface area contributed by atoms with Crippen LogP contribution in [0.3, 0.4) is 0 Å². The Balaban J connectivity index is 1.34. The zero-order valence-electron chi connectivity index (χ0n) is 13.0. The largest absolute Gasteiger partial charge is 0.396 e. The van der Waals surface area contributed by atoms with Crippen molar-refractivity contribution in [3.63, 3.8) is 0 Å². The van der Waals surface area contributed by atoms with Crippen LogP contribution in [0.5, 0.6) is 0 Å². The van der Waals surface area contributed by atoms with Crippen molar-refractivity contribution in [1.29, 1.82) is 0 Å². The van der Waals surface area contributed by atoms with Crippen LogP contribution in [0.4, 0.5) is 4.79 Å². The molecule has 0 saturated heterocycles. The third-order valence-corrected chi connectivity index (χ3v) is 5.85. The number of hydrogen-bond acceptors (Lipinski definition) is 2. The van der Waals surface area contributed by atoms with Crippen molar-refractivity contribution in [2.45, 2.75) is 76.3 Å². The number of carbonyl (C=O) groups is 1. The molecule has 3 fully saturated rings. The van der Waals surface area contributed by atoms with Gasteiger partial charge in [-0.2, -0.15) is 0 Å². The Morgan fingerprint density at radius 2 is 1.67 bits per heavy atom. The first-order chi connectivity index (χ1) is 10.3. The molecule has 0 aromatic carbocycles. The molecule has 3 saturated carbocycles. The van der Waals surface area contributed by atoms with Crippen molar-refractivity contribution in [2.75, 3.05) is 6.61 Å². The summed E-state index contributed by atoms with van der Waals surface area (Å²) in [5, 5.41) is 15.4. The normalized spacial score (nSPS) is 37.0. The number of aliphatic hydroxyl groups is 1. The summed E-state index contributed by atoms with van der Waals surface area (Å²) in [6.07, 6.45) is 12.2. The zero-order valence-corrected chi connectivity index (χ0v) is 13.0. The summed E-state index contributed by atoms with van der Waals surface area (Å²) in [4.78, 5) is 12.1. The lowest BCUT2D eigenvalue weighted by atomic mass is 9.85. The highest BCUT2D eigenvalue weighted by molar-refractivity contribution is 5.75. The van der Waals surface area contributed by atoms with Crippen molar-refractivity contribution in [3.8, 4) is 0 Å². The van der Waals surface area contributed by atoms with Crippen molar-refractivity contribution in [3.05, 3.63) is 0 Å². The Bertz CT molecular complexity index is 347. The van der Waals surface area contributed by atoms with Gasteiger partial charge >= 0.3 is 6.03 Å². The van der Waals surface area contributed by atoms with E-state index in [0.29, 0.717) is 24.6 Å². The summed E-state index contributed by atoms with van der Waals surface area (Å²) in [6, 6.07) is 0.771. The molecule has 0 aromatic heterocycles. The Labute approximate surface area is 128 Å².